The minimum atomic E-state index is -1.00. The smallest absolute Gasteiger partial charge is 0.139 e. The minimum absolute atomic E-state index is 0.348. The van der Waals surface area contributed by atoms with Crippen LogP contribution in [0.25, 0.3) is 0 Å². The maximum absolute atomic E-state index is 10.5. The first kappa shape index (κ1) is 16.7. The molecule has 0 aromatic heterocycles. The monoisotopic (exact) mass is 364 g/mol. The largest absolute Gasteiger partial charge is 0.492 e. The molecule has 21 heavy (non-hydrogen) atoms. The van der Waals surface area contributed by atoms with Crippen LogP contribution < -0.4 is 4.74 Å². The fourth-order valence-corrected chi connectivity index (χ4v) is 2.91. The third-order valence-electron chi connectivity index (χ3n) is 2.90. The molecule has 0 saturated carbocycles. The Labute approximate surface area is 143 Å². The number of rotatable bonds is 4. The van der Waals surface area contributed by atoms with E-state index in [1.165, 1.54) is 0 Å². The summed E-state index contributed by atoms with van der Waals surface area (Å²) in [6.45, 7) is 2.32. The summed E-state index contributed by atoms with van der Waals surface area (Å²) in [4.78, 5) is 0. The molecule has 0 bridgehead atoms. The molecule has 0 aliphatic rings. The molecule has 0 spiro atoms. The Morgan fingerprint density at radius 3 is 2.24 bits per heavy atom. The van der Waals surface area contributed by atoms with Crippen LogP contribution in [0.15, 0.2) is 30.3 Å². The minimum Gasteiger partial charge on any atom is -0.492 e. The highest BCUT2D eigenvalue weighted by molar-refractivity contribution is 6.36. The Kier molecular flexibility index (Phi) is 5.64. The van der Waals surface area contributed by atoms with Gasteiger partial charge < -0.3 is 9.84 Å². The lowest BCUT2D eigenvalue weighted by atomic mass is 10.0. The third kappa shape index (κ3) is 3.77. The zero-order valence-electron chi connectivity index (χ0n) is 11.0. The predicted molar refractivity (Wildman–Crippen MR) is 88.2 cm³/mol. The van der Waals surface area contributed by atoms with Crippen molar-refractivity contribution in [2.45, 2.75) is 13.0 Å². The number of aliphatic hydroxyl groups excluding tert-OH is 1. The highest BCUT2D eigenvalue weighted by Crippen LogP contribution is 2.38. The summed E-state index contributed by atoms with van der Waals surface area (Å²) in [5.41, 5.74) is 0.956. The lowest BCUT2D eigenvalue weighted by molar-refractivity contribution is 0.220. The van der Waals surface area contributed by atoms with Gasteiger partial charge in [0.15, 0.2) is 0 Å². The van der Waals surface area contributed by atoms with Crippen molar-refractivity contribution in [2.75, 3.05) is 6.61 Å². The van der Waals surface area contributed by atoms with Gasteiger partial charge in [-0.2, -0.15) is 0 Å². The number of aliphatic hydroxyl groups is 1. The van der Waals surface area contributed by atoms with Gasteiger partial charge in [0.25, 0.3) is 0 Å². The van der Waals surface area contributed by atoms with Gasteiger partial charge in [-0.25, -0.2) is 0 Å². The van der Waals surface area contributed by atoms with Crippen LogP contribution in [0.4, 0.5) is 0 Å². The Hall–Kier alpha value is -0.640. The van der Waals surface area contributed by atoms with Gasteiger partial charge in [0.1, 0.15) is 11.9 Å². The lowest BCUT2D eigenvalue weighted by Gasteiger charge is -2.17. The van der Waals surface area contributed by atoms with Gasteiger partial charge in [-0.15, -0.1) is 0 Å². The molecule has 0 aliphatic carbocycles. The summed E-state index contributed by atoms with van der Waals surface area (Å²) in [6, 6.07) is 8.01. The molecule has 0 saturated heterocycles. The summed E-state index contributed by atoms with van der Waals surface area (Å²) in [5.74, 6) is 0.474. The quantitative estimate of drug-likeness (QED) is 0.743. The third-order valence-corrected chi connectivity index (χ3v) is 4.09. The Morgan fingerprint density at radius 2 is 1.62 bits per heavy atom. The fourth-order valence-electron chi connectivity index (χ4n) is 1.91. The maximum Gasteiger partial charge on any atom is 0.139 e. The van der Waals surface area contributed by atoms with E-state index in [4.69, 9.17) is 51.1 Å². The van der Waals surface area contributed by atoms with Crippen molar-refractivity contribution in [2.24, 2.45) is 0 Å². The van der Waals surface area contributed by atoms with Crippen LogP contribution in [-0.2, 0) is 0 Å². The molecule has 1 atom stereocenters. The van der Waals surface area contributed by atoms with Crippen LogP contribution in [-0.4, -0.2) is 11.7 Å². The molecule has 0 fully saturated rings. The Morgan fingerprint density at radius 1 is 0.952 bits per heavy atom. The average Bonchev–Trinajstić information content (AvgIpc) is 2.42. The Balaban J connectivity index is 2.43. The summed E-state index contributed by atoms with van der Waals surface area (Å²) in [7, 11) is 0. The molecule has 1 unspecified atom stereocenters. The molecule has 1 N–H and O–H groups in total. The van der Waals surface area contributed by atoms with E-state index in [1.807, 2.05) is 6.92 Å². The zero-order valence-corrected chi connectivity index (χ0v) is 14.1. The van der Waals surface area contributed by atoms with Crippen molar-refractivity contribution in [3.05, 3.63) is 61.5 Å². The van der Waals surface area contributed by atoms with Crippen molar-refractivity contribution in [1.82, 2.24) is 0 Å². The second-order valence-electron chi connectivity index (χ2n) is 4.31. The number of ether oxygens (including phenoxy) is 1. The second kappa shape index (κ2) is 7.08. The van der Waals surface area contributed by atoms with E-state index in [2.05, 4.69) is 0 Å². The van der Waals surface area contributed by atoms with Gasteiger partial charge in [0.2, 0.25) is 0 Å². The molecule has 2 nitrogen and oxygen atoms in total. The fraction of sp³-hybridized carbons (Fsp3) is 0.200. The molecule has 0 amide bonds. The Bertz CT molecular complexity index is 658. The SMILES string of the molecule is CCOc1cc(Cl)c(C(O)c2ccc(Cl)cc2Cl)cc1Cl. The molecular weight excluding hydrogens is 354 g/mol. The summed E-state index contributed by atoms with van der Waals surface area (Å²) < 4.78 is 5.36. The standard InChI is InChI=1S/C15H12Cl4O2/c1-2-21-14-7-12(18)10(6-13(14)19)15(20)9-4-3-8(16)5-11(9)17/h3-7,15,20H,2H2,1H3. The van der Waals surface area contributed by atoms with E-state index in [0.717, 1.165) is 0 Å². The van der Waals surface area contributed by atoms with Crippen LogP contribution in [0, 0.1) is 0 Å². The van der Waals surface area contributed by atoms with Crippen LogP contribution >= 0.6 is 46.4 Å². The van der Waals surface area contributed by atoms with Crippen LogP contribution in [0.2, 0.25) is 20.1 Å². The molecule has 2 aromatic carbocycles. The van der Waals surface area contributed by atoms with Gasteiger partial charge in [-0.05, 0) is 25.1 Å². The predicted octanol–water partition coefficient (Wildman–Crippen LogP) is 5.78. The molecule has 2 aromatic rings. The number of benzene rings is 2. The van der Waals surface area contributed by atoms with Crippen LogP contribution in [0.5, 0.6) is 5.75 Å². The van der Waals surface area contributed by atoms with Gasteiger partial charge in [0, 0.05) is 27.2 Å². The summed E-state index contributed by atoms with van der Waals surface area (Å²) in [6.07, 6.45) is -1.00. The van der Waals surface area contributed by atoms with Crippen LogP contribution in [0.1, 0.15) is 24.2 Å². The molecule has 0 radical (unpaired) electrons. The number of hydrogen-bond acceptors (Lipinski definition) is 2. The highest BCUT2D eigenvalue weighted by Gasteiger charge is 2.19. The van der Waals surface area contributed by atoms with Crippen molar-refractivity contribution in [3.63, 3.8) is 0 Å². The number of hydrogen-bond donors (Lipinski definition) is 1. The lowest BCUT2D eigenvalue weighted by Crippen LogP contribution is -2.03. The highest BCUT2D eigenvalue weighted by atomic mass is 35.5. The molecular formula is C15H12Cl4O2. The first-order chi connectivity index (χ1) is 9.93. The van der Waals surface area contributed by atoms with Gasteiger partial charge in [-0.1, -0.05) is 52.5 Å². The maximum atomic E-state index is 10.5. The molecule has 2 rings (SSSR count). The van der Waals surface area contributed by atoms with E-state index in [0.29, 0.717) is 43.6 Å². The van der Waals surface area contributed by atoms with E-state index >= 15 is 0 Å². The second-order valence-corrected chi connectivity index (χ2v) is 5.96. The first-order valence-corrected chi connectivity index (χ1v) is 7.70. The van der Waals surface area contributed by atoms with E-state index in [9.17, 15) is 5.11 Å². The van der Waals surface area contributed by atoms with Crippen molar-refractivity contribution >= 4 is 46.4 Å². The average molecular weight is 366 g/mol. The van der Waals surface area contributed by atoms with E-state index in [1.54, 1.807) is 30.3 Å². The molecule has 0 heterocycles. The topological polar surface area (TPSA) is 29.5 Å². The first-order valence-electron chi connectivity index (χ1n) is 6.18. The molecule has 0 aliphatic heterocycles. The van der Waals surface area contributed by atoms with Gasteiger partial charge >= 0.3 is 0 Å². The molecule has 6 heteroatoms. The van der Waals surface area contributed by atoms with Crippen molar-refractivity contribution < 1.29 is 9.84 Å². The van der Waals surface area contributed by atoms with Crippen LogP contribution in [0.3, 0.4) is 0 Å². The zero-order chi connectivity index (χ0) is 15.6. The van der Waals surface area contributed by atoms with Gasteiger partial charge in [0.05, 0.1) is 16.7 Å². The molecule has 112 valence electrons. The van der Waals surface area contributed by atoms with Crippen molar-refractivity contribution in [1.29, 1.82) is 0 Å². The van der Waals surface area contributed by atoms with E-state index < -0.39 is 6.10 Å². The summed E-state index contributed by atoms with van der Waals surface area (Å²) in [5, 5.41) is 12.1. The van der Waals surface area contributed by atoms with Gasteiger partial charge in [-0.3, -0.25) is 0 Å². The summed E-state index contributed by atoms with van der Waals surface area (Å²) >= 11 is 24.3. The number of halogens is 4. The normalized spacial score (nSPS) is 12.3. The van der Waals surface area contributed by atoms with Crippen molar-refractivity contribution in [3.8, 4) is 5.75 Å². The van der Waals surface area contributed by atoms with E-state index in [-0.39, 0.29) is 0 Å².